The number of amides is 1. The first-order valence-electron chi connectivity index (χ1n) is 7.93. The molecule has 1 amide bonds. The number of fused-ring (bicyclic) bond motifs is 1. The summed E-state index contributed by atoms with van der Waals surface area (Å²) in [6, 6.07) is 15.5. The molecule has 4 nitrogen and oxygen atoms in total. The summed E-state index contributed by atoms with van der Waals surface area (Å²) in [4.78, 5) is 11.8. The van der Waals surface area contributed by atoms with E-state index in [1.165, 1.54) is 5.56 Å². The van der Waals surface area contributed by atoms with Crippen LogP contribution in [-0.4, -0.2) is 29.3 Å². The van der Waals surface area contributed by atoms with Gasteiger partial charge in [0.05, 0.1) is 12.7 Å². The Morgan fingerprint density at radius 1 is 1.13 bits per heavy atom. The first kappa shape index (κ1) is 15.7. The molecule has 0 heterocycles. The zero-order chi connectivity index (χ0) is 16.2. The molecule has 120 valence electrons. The van der Waals surface area contributed by atoms with Crippen LogP contribution in [-0.2, 0) is 12.8 Å². The predicted octanol–water partition coefficient (Wildman–Crippen LogP) is 1.86. The molecule has 2 aromatic carbocycles. The first-order valence-corrected chi connectivity index (χ1v) is 7.93. The van der Waals surface area contributed by atoms with Crippen LogP contribution in [0.2, 0.25) is 0 Å². The molecule has 2 aromatic rings. The van der Waals surface area contributed by atoms with Crippen molar-refractivity contribution in [1.82, 2.24) is 5.32 Å². The van der Waals surface area contributed by atoms with Gasteiger partial charge < -0.3 is 15.5 Å². The maximum atomic E-state index is 11.8. The molecule has 0 aliphatic heterocycles. The summed E-state index contributed by atoms with van der Waals surface area (Å²) in [6.45, 7) is 0.192. The number of aliphatic hydroxyl groups excluding tert-OH is 2. The standard InChI is InChI=1S/C19H21NO3/c21-10-9-20-19(23)14-7-5-13(6-8-14)11-16-12-15-3-1-2-4-17(15)18(16)22/h1-8,16,18,21-22H,9-12H2,(H,20,23). The highest BCUT2D eigenvalue weighted by atomic mass is 16.3. The molecule has 0 spiro atoms. The van der Waals surface area contributed by atoms with Crippen LogP contribution in [0, 0.1) is 5.92 Å². The quantitative estimate of drug-likeness (QED) is 0.789. The Hall–Kier alpha value is -2.17. The summed E-state index contributed by atoms with van der Waals surface area (Å²) < 4.78 is 0. The van der Waals surface area contributed by atoms with Crippen LogP contribution < -0.4 is 5.32 Å². The summed E-state index contributed by atoms with van der Waals surface area (Å²) in [7, 11) is 0. The van der Waals surface area contributed by atoms with E-state index in [9.17, 15) is 9.90 Å². The van der Waals surface area contributed by atoms with Crippen LogP contribution in [0.4, 0.5) is 0 Å². The molecule has 4 heteroatoms. The molecule has 0 saturated carbocycles. The molecule has 3 N–H and O–H groups in total. The van der Waals surface area contributed by atoms with Crippen LogP contribution in [0.3, 0.4) is 0 Å². The van der Waals surface area contributed by atoms with Crippen molar-refractivity contribution in [2.75, 3.05) is 13.2 Å². The van der Waals surface area contributed by atoms with E-state index in [0.717, 1.165) is 24.0 Å². The van der Waals surface area contributed by atoms with Crippen LogP contribution >= 0.6 is 0 Å². The number of hydrogen-bond acceptors (Lipinski definition) is 3. The minimum Gasteiger partial charge on any atom is -0.395 e. The highest BCUT2D eigenvalue weighted by Crippen LogP contribution is 2.37. The third-order valence-corrected chi connectivity index (χ3v) is 4.41. The average molecular weight is 311 g/mol. The third-order valence-electron chi connectivity index (χ3n) is 4.41. The SMILES string of the molecule is O=C(NCCO)c1ccc(CC2Cc3ccccc3C2O)cc1. The summed E-state index contributed by atoms with van der Waals surface area (Å²) in [6.07, 6.45) is 1.25. The van der Waals surface area contributed by atoms with Gasteiger partial charge in [-0.25, -0.2) is 0 Å². The Kier molecular flexibility index (Phi) is 4.74. The normalized spacial score (nSPS) is 19.4. The van der Waals surface area contributed by atoms with E-state index in [1.807, 2.05) is 30.3 Å². The van der Waals surface area contributed by atoms with Crippen molar-refractivity contribution < 1.29 is 15.0 Å². The Morgan fingerprint density at radius 2 is 1.87 bits per heavy atom. The lowest BCUT2D eigenvalue weighted by Gasteiger charge is -2.15. The van der Waals surface area contributed by atoms with Crippen LogP contribution in [0.1, 0.15) is 33.2 Å². The van der Waals surface area contributed by atoms with Gasteiger partial charge in [-0.2, -0.15) is 0 Å². The zero-order valence-corrected chi connectivity index (χ0v) is 12.9. The summed E-state index contributed by atoms with van der Waals surface area (Å²) in [5.41, 5.74) is 3.96. The highest BCUT2D eigenvalue weighted by Gasteiger charge is 2.30. The number of rotatable bonds is 5. The Bertz CT molecular complexity index is 681. The van der Waals surface area contributed by atoms with Gasteiger partial charge in [0, 0.05) is 12.1 Å². The Morgan fingerprint density at radius 3 is 2.57 bits per heavy atom. The molecule has 2 atom stereocenters. The monoisotopic (exact) mass is 311 g/mol. The van der Waals surface area contributed by atoms with Crippen molar-refractivity contribution in [1.29, 1.82) is 0 Å². The molecule has 23 heavy (non-hydrogen) atoms. The van der Waals surface area contributed by atoms with Crippen molar-refractivity contribution >= 4 is 5.91 Å². The third kappa shape index (κ3) is 3.44. The number of hydrogen-bond donors (Lipinski definition) is 3. The van der Waals surface area contributed by atoms with Crippen molar-refractivity contribution in [3.05, 3.63) is 70.8 Å². The van der Waals surface area contributed by atoms with Gasteiger partial charge >= 0.3 is 0 Å². The van der Waals surface area contributed by atoms with Gasteiger partial charge in [-0.05, 0) is 47.6 Å². The molecule has 1 aliphatic carbocycles. The maximum absolute atomic E-state index is 11.8. The van der Waals surface area contributed by atoms with E-state index in [2.05, 4.69) is 11.4 Å². The lowest BCUT2D eigenvalue weighted by Crippen LogP contribution is -2.26. The smallest absolute Gasteiger partial charge is 0.251 e. The van der Waals surface area contributed by atoms with Gasteiger partial charge in [0.15, 0.2) is 0 Å². The average Bonchev–Trinajstić information content (AvgIpc) is 2.90. The second-order valence-electron chi connectivity index (χ2n) is 5.99. The zero-order valence-electron chi connectivity index (χ0n) is 12.9. The lowest BCUT2D eigenvalue weighted by atomic mass is 9.94. The second-order valence-corrected chi connectivity index (χ2v) is 5.99. The fourth-order valence-electron chi connectivity index (χ4n) is 3.21. The van der Waals surface area contributed by atoms with Gasteiger partial charge in [0.2, 0.25) is 0 Å². The molecule has 0 bridgehead atoms. The van der Waals surface area contributed by atoms with E-state index in [1.54, 1.807) is 12.1 Å². The fraction of sp³-hybridized carbons (Fsp3) is 0.316. The highest BCUT2D eigenvalue weighted by molar-refractivity contribution is 5.94. The molecule has 0 fully saturated rings. The van der Waals surface area contributed by atoms with Gasteiger partial charge in [0.1, 0.15) is 0 Å². The van der Waals surface area contributed by atoms with Gasteiger partial charge in [-0.15, -0.1) is 0 Å². The topological polar surface area (TPSA) is 69.6 Å². The minimum absolute atomic E-state index is 0.0655. The summed E-state index contributed by atoms with van der Waals surface area (Å²) in [5, 5.41) is 21.8. The molecule has 0 aromatic heterocycles. The van der Waals surface area contributed by atoms with Crippen molar-refractivity contribution in [2.24, 2.45) is 5.92 Å². The number of nitrogens with one attached hydrogen (secondary N) is 1. The van der Waals surface area contributed by atoms with E-state index in [-0.39, 0.29) is 25.0 Å². The summed E-state index contributed by atoms with van der Waals surface area (Å²) >= 11 is 0. The predicted molar refractivity (Wildman–Crippen MR) is 88.2 cm³/mol. The fourth-order valence-corrected chi connectivity index (χ4v) is 3.21. The largest absolute Gasteiger partial charge is 0.395 e. The number of aliphatic hydroxyl groups is 2. The molecular weight excluding hydrogens is 290 g/mol. The van der Waals surface area contributed by atoms with Crippen LogP contribution in [0.25, 0.3) is 0 Å². The maximum Gasteiger partial charge on any atom is 0.251 e. The van der Waals surface area contributed by atoms with Gasteiger partial charge in [0.25, 0.3) is 5.91 Å². The van der Waals surface area contributed by atoms with Gasteiger partial charge in [-0.3, -0.25) is 4.79 Å². The number of benzene rings is 2. The summed E-state index contributed by atoms with van der Waals surface area (Å²) in [5.74, 6) is 0.000344. The number of carbonyl (C=O) groups is 1. The van der Waals surface area contributed by atoms with E-state index in [0.29, 0.717) is 5.56 Å². The van der Waals surface area contributed by atoms with Crippen molar-refractivity contribution in [3.63, 3.8) is 0 Å². The van der Waals surface area contributed by atoms with E-state index in [4.69, 9.17) is 5.11 Å². The molecule has 0 radical (unpaired) electrons. The minimum atomic E-state index is -0.418. The Balaban J connectivity index is 1.65. The van der Waals surface area contributed by atoms with E-state index < -0.39 is 6.10 Å². The molecular formula is C19H21NO3. The van der Waals surface area contributed by atoms with Crippen molar-refractivity contribution in [2.45, 2.75) is 18.9 Å². The molecule has 0 saturated heterocycles. The van der Waals surface area contributed by atoms with E-state index >= 15 is 0 Å². The number of carbonyl (C=O) groups excluding carboxylic acids is 1. The molecule has 3 rings (SSSR count). The molecule has 2 unspecified atom stereocenters. The lowest BCUT2D eigenvalue weighted by molar-refractivity contribution is 0.0944. The second kappa shape index (κ2) is 6.94. The first-order chi connectivity index (χ1) is 11.2. The Labute approximate surface area is 135 Å². The molecule has 1 aliphatic rings. The van der Waals surface area contributed by atoms with Crippen LogP contribution in [0.5, 0.6) is 0 Å². The van der Waals surface area contributed by atoms with Crippen molar-refractivity contribution in [3.8, 4) is 0 Å². The van der Waals surface area contributed by atoms with Crippen LogP contribution in [0.15, 0.2) is 48.5 Å². The van der Waals surface area contributed by atoms with Gasteiger partial charge in [-0.1, -0.05) is 36.4 Å².